The van der Waals surface area contributed by atoms with Gasteiger partial charge < -0.3 is 10.6 Å². The maximum absolute atomic E-state index is 3.54. The van der Waals surface area contributed by atoms with Gasteiger partial charge in [-0.1, -0.05) is 18.2 Å². The number of benzene rings is 1. The molecule has 0 saturated carbocycles. The van der Waals surface area contributed by atoms with E-state index in [-0.39, 0.29) is 12.4 Å². The van der Waals surface area contributed by atoms with Gasteiger partial charge >= 0.3 is 0 Å². The largest absolute Gasteiger partial charge is 0.314 e. The van der Waals surface area contributed by atoms with Crippen molar-refractivity contribution < 1.29 is 0 Å². The van der Waals surface area contributed by atoms with Crippen LogP contribution >= 0.6 is 23.7 Å². The van der Waals surface area contributed by atoms with E-state index in [4.69, 9.17) is 0 Å². The third-order valence-electron chi connectivity index (χ3n) is 2.83. The summed E-state index contributed by atoms with van der Waals surface area (Å²) in [5, 5.41) is 8.33. The first-order valence-corrected chi connectivity index (χ1v) is 6.18. The minimum Gasteiger partial charge on any atom is -0.314 e. The van der Waals surface area contributed by atoms with Crippen molar-refractivity contribution in [2.75, 3.05) is 19.6 Å². The average Bonchev–Trinajstić information content (AvgIpc) is 2.74. The Labute approximate surface area is 105 Å². The summed E-state index contributed by atoms with van der Waals surface area (Å²) >= 11 is 1.90. The molecule has 1 saturated heterocycles. The van der Waals surface area contributed by atoms with Crippen LogP contribution in [0, 0.1) is 0 Å². The van der Waals surface area contributed by atoms with Gasteiger partial charge in [-0.2, -0.15) is 0 Å². The fourth-order valence-electron chi connectivity index (χ4n) is 2.03. The highest BCUT2D eigenvalue weighted by molar-refractivity contribution is 7.19. The number of fused-ring (bicyclic) bond motifs is 1. The van der Waals surface area contributed by atoms with Crippen molar-refractivity contribution in [3.05, 3.63) is 35.2 Å². The zero-order valence-corrected chi connectivity index (χ0v) is 10.5. The van der Waals surface area contributed by atoms with Gasteiger partial charge in [-0.15, -0.1) is 23.7 Å². The predicted octanol–water partition coefficient (Wildman–Crippen LogP) is 2.56. The highest BCUT2D eigenvalue weighted by Gasteiger charge is 2.16. The standard InChI is InChI=1S/C12H14N2S.ClH/c1-2-4-11-9(3-1)7-12(15-11)10-8-13-5-6-14-10;/h1-4,7,10,13-14H,5-6,8H2;1H. The molecule has 0 spiro atoms. The summed E-state index contributed by atoms with van der Waals surface area (Å²) in [4.78, 5) is 1.45. The lowest BCUT2D eigenvalue weighted by Crippen LogP contribution is -2.42. The fraction of sp³-hybridized carbons (Fsp3) is 0.333. The molecule has 2 nitrogen and oxygen atoms in total. The zero-order chi connectivity index (χ0) is 10.1. The van der Waals surface area contributed by atoms with Crippen LogP contribution in [0.5, 0.6) is 0 Å². The van der Waals surface area contributed by atoms with Crippen LogP contribution in [0.4, 0.5) is 0 Å². The van der Waals surface area contributed by atoms with E-state index in [0.717, 1.165) is 19.6 Å². The van der Waals surface area contributed by atoms with Crippen molar-refractivity contribution in [2.24, 2.45) is 0 Å². The van der Waals surface area contributed by atoms with Gasteiger partial charge in [0, 0.05) is 29.2 Å². The summed E-state index contributed by atoms with van der Waals surface area (Å²) in [5.41, 5.74) is 0. The van der Waals surface area contributed by atoms with Crippen molar-refractivity contribution in [3.63, 3.8) is 0 Å². The van der Waals surface area contributed by atoms with Crippen molar-refractivity contribution in [1.29, 1.82) is 0 Å². The van der Waals surface area contributed by atoms with E-state index in [1.807, 2.05) is 11.3 Å². The van der Waals surface area contributed by atoms with Gasteiger partial charge in [0.1, 0.15) is 0 Å². The molecule has 1 unspecified atom stereocenters. The van der Waals surface area contributed by atoms with Gasteiger partial charge in [-0.05, 0) is 17.5 Å². The number of nitrogens with one attached hydrogen (secondary N) is 2. The molecule has 4 heteroatoms. The summed E-state index contributed by atoms with van der Waals surface area (Å²) < 4.78 is 1.39. The third-order valence-corrected chi connectivity index (χ3v) is 4.06. The number of hydrogen-bond donors (Lipinski definition) is 2. The van der Waals surface area contributed by atoms with Crippen LogP contribution in [0.15, 0.2) is 30.3 Å². The van der Waals surface area contributed by atoms with E-state index in [2.05, 4.69) is 41.0 Å². The zero-order valence-electron chi connectivity index (χ0n) is 8.90. The van der Waals surface area contributed by atoms with E-state index >= 15 is 0 Å². The van der Waals surface area contributed by atoms with Crippen LogP contribution in [0.2, 0.25) is 0 Å². The molecule has 1 aliphatic rings. The number of thiophene rings is 1. The molecular formula is C12H15ClN2S. The lowest BCUT2D eigenvalue weighted by Gasteiger charge is -2.23. The van der Waals surface area contributed by atoms with E-state index in [9.17, 15) is 0 Å². The molecule has 0 amide bonds. The Morgan fingerprint density at radius 1 is 1.19 bits per heavy atom. The first-order valence-electron chi connectivity index (χ1n) is 5.36. The van der Waals surface area contributed by atoms with Gasteiger partial charge in [0.15, 0.2) is 0 Å². The first-order chi connectivity index (χ1) is 7.43. The van der Waals surface area contributed by atoms with E-state index in [1.165, 1.54) is 15.0 Å². The SMILES string of the molecule is Cl.c1ccc2sc(C3CNCCN3)cc2c1. The predicted molar refractivity (Wildman–Crippen MR) is 72.7 cm³/mol. The van der Waals surface area contributed by atoms with Crippen LogP contribution in [0.1, 0.15) is 10.9 Å². The summed E-state index contributed by atoms with van der Waals surface area (Å²) in [6, 6.07) is 11.4. The molecule has 0 radical (unpaired) electrons. The topological polar surface area (TPSA) is 24.1 Å². The Morgan fingerprint density at radius 3 is 2.81 bits per heavy atom. The van der Waals surface area contributed by atoms with Crippen LogP contribution in [0.3, 0.4) is 0 Å². The molecule has 2 aromatic rings. The summed E-state index contributed by atoms with van der Waals surface area (Å²) in [7, 11) is 0. The lowest BCUT2D eigenvalue weighted by atomic mass is 10.2. The second kappa shape index (κ2) is 5.15. The van der Waals surface area contributed by atoms with Gasteiger partial charge in [0.25, 0.3) is 0 Å². The molecule has 2 heterocycles. The second-order valence-corrected chi connectivity index (χ2v) is 5.01. The first kappa shape index (κ1) is 11.9. The third kappa shape index (κ3) is 2.23. The van der Waals surface area contributed by atoms with Gasteiger partial charge in [0.05, 0.1) is 6.04 Å². The molecule has 1 fully saturated rings. The molecule has 1 aromatic carbocycles. The van der Waals surface area contributed by atoms with Crippen LogP contribution in [-0.2, 0) is 0 Å². The van der Waals surface area contributed by atoms with E-state index in [1.54, 1.807) is 0 Å². The fourth-order valence-corrected chi connectivity index (χ4v) is 3.17. The Balaban J connectivity index is 0.000000963. The monoisotopic (exact) mass is 254 g/mol. The van der Waals surface area contributed by atoms with Crippen molar-refractivity contribution in [2.45, 2.75) is 6.04 Å². The quantitative estimate of drug-likeness (QED) is 0.817. The van der Waals surface area contributed by atoms with Crippen molar-refractivity contribution in [1.82, 2.24) is 10.6 Å². The molecule has 2 N–H and O–H groups in total. The molecule has 1 atom stereocenters. The number of rotatable bonds is 1. The molecule has 1 aliphatic heterocycles. The maximum Gasteiger partial charge on any atom is 0.0542 e. The second-order valence-electron chi connectivity index (χ2n) is 3.90. The van der Waals surface area contributed by atoms with Crippen molar-refractivity contribution in [3.8, 4) is 0 Å². The minimum atomic E-state index is 0. The summed E-state index contributed by atoms with van der Waals surface area (Å²) in [6.45, 7) is 3.20. The molecule has 16 heavy (non-hydrogen) atoms. The van der Waals surface area contributed by atoms with Gasteiger partial charge in [0.2, 0.25) is 0 Å². The number of piperazine rings is 1. The molecular weight excluding hydrogens is 240 g/mol. The van der Waals surface area contributed by atoms with E-state index < -0.39 is 0 Å². The van der Waals surface area contributed by atoms with Gasteiger partial charge in [-0.25, -0.2) is 0 Å². The van der Waals surface area contributed by atoms with Crippen LogP contribution < -0.4 is 10.6 Å². The summed E-state index contributed by atoms with van der Waals surface area (Å²) in [6.07, 6.45) is 0. The lowest BCUT2D eigenvalue weighted by molar-refractivity contribution is 0.435. The smallest absolute Gasteiger partial charge is 0.0542 e. The van der Waals surface area contributed by atoms with Crippen LogP contribution in [-0.4, -0.2) is 19.6 Å². The van der Waals surface area contributed by atoms with E-state index in [0.29, 0.717) is 6.04 Å². The molecule has 0 aliphatic carbocycles. The number of halogens is 1. The van der Waals surface area contributed by atoms with Crippen molar-refractivity contribution >= 4 is 33.8 Å². The summed E-state index contributed by atoms with van der Waals surface area (Å²) in [5.74, 6) is 0. The molecule has 86 valence electrons. The molecule has 1 aromatic heterocycles. The number of hydrogen-bond acceptors (Lipinski definition) is 3. The van der Waals surface area contributed by atoms with Crippen LogP contribution in [0.25, 0.3) is 10.1 Å². The Bertz CT molecular complexity index is 430. The Morgan fingerprint density at radius 2 is 2.06 bits per heavy atom. The normalized spacial score (nSPS) is 20.6. The highest BCUT2D eigenvalue weighted by Crippen LogP contribution is 2.29. The average molecular weight is 255 g/mol. The van der Waals surface area contributed by atoms with Gasteiger partial charge in [-0.3, -0.25) is 0 Å². The minimum absolute atomic E-state index is 0. The maximum atomic E-state index is 3.54. The molecule has 0 bridgehead atoms. The highest BCUT2D eigenvalue weighted by atomic mass is 35.5. The Hall–Kier alpha value is -0.610. The molecule has 3 rings (SSSR count). The Kier molecular flexibility index (Phi) is 3.82.